The quantitative estimate of drug-likeness (QED) is 0.677. The van der Waals surface area contributed by atoms with Gasteiger partial charge in [-0.15, -0.1) is 0 Å². The largest absolute Gasteiger partial charge is 0.335 e. The average molecular weight is 202 g/mol. The fourth-order valence-corrected chi connectivity index (χ4v) is 1.38. The van der Waals surface area contributed by atoms with Gasteiger partial charge in [0.05, 0.1) is 5.69 Å². The van der Waals surface area contributed by atoms with Crippen molar-refractivity contribution in [3.63, 3.8) is 0 Å². The monoisotopic (exact) mass is 202 g/mol. The fraction of sp³-hybridized carbons (Fsp3) is 0.0909. The molecule has 2 rings (SSSR count). The number of nitrogens with zero attached hydrogens (tertiary/aromatic N) is 2. The molecule has 2 aromatic rings. The molecular weight excluding hydrogens is 192 g/mol. The summed E-state index contributed by atoms with van der Waals surface area (Å²) >= 11 is 0. The topological polar surface area (TPSA) is 44.0 Å². The molecule has 0 spiro atoms. The van der Waals surface area contributed by atoms with Crippen LogP contribution in [-0.2, 0) is 7.05 Å². The van der Waals surface area contributed by atoms with Crippen LogP contribution >= 0.6 is 0 Å². The molecule has 0 aliphatic rings. The molecule has 0 aliphatic heterocycles. The summed E-state index contributed by atoms with van der Waals surface area (Å²) in [6.45, 7) is 0. The van der Waals surface area contributed by atoms with E-state index in [9.17, 15) is 9.59 Å². The molecule has 1 aromatic heterocycles. The van der Waals surface area contributed by atoms with Crippen molar-refractivity contribution in [2.75, 3.05) is 0 Å². The van der Waals surface area contributed by atoms with Gasteiger partial charge in [0.2, 0.25) is 0 Å². The first-order valence-corrected chi connectivity index (χ1v) is 4.54. The predicted molar refractivity (Wildman–Crippen MR) is 57.3 cm³/mol. The molecule has 0 aliphatic carbocycles. The Hall–Kier alpha value is -2.10. The van der Waals surface area contributed by atoms with Crippen LogP contribution in [-0.4, -0.2) is 9.13 Å². The van der Waals surface area contributed by atoms with Gasteiger partial charge in [0.25, 0.3) is 5.56 Å². The zero-order valence-electron chi connectivity index (χ0n) is 8.25. The summed E-state index contributed by atoms with van der Waals surface area (Å²) < 4.78 is 2.51. The lowest BCUT2D eigenvalue weighted by Crippen LogP contribution is -2.36. The molecule has 0 saturated carbocycles. The molecule has 0 unspecified atom stereocenters. The molecule has 4 heteroatoms. The highest BCUT2D eigenvalue weighted by molar-refractivity contribution is 5.30. The van der Waals surface area contributed by atoms with E-state index in [1.807, 2.05) is 6.07 Å². The molecule has 0 saturated heterocycles. The van der Waals surface area contributed by atoms with Gasteiger partial charge in [-0.05, 0) is 12.1 Å². The molecule has 0 N–H and O–H groups in total. The van der Waals surface area contributed by atoms with E-state index in [0.717, 1.165) is 4.57 Å². The van der Waals surface area contributed by atoms with Gasteiger partial charge in [-0.3, -0.25) is 4.79 Å². The molecule has 4 nitrogen and oxygen atoms in total. The second kappa shape index (κ2) is 3.57. The van der Waals surface area contributed by atoms with Gasteiger partial charge in [-0.2, -0.15) is 0 Å². The second-order valence-electron chi connectivity index (χ2n) is 3.22. The number of aryl methyl sites for hydroxylation is 1. The molecule has 0 radical (unpaired) electrons. The molecule has 0 atom stereocenters. The van der Waals surface area contributed by atoms with Crippen molar-refractivity contribution in [3.8, 4) is 5.69 Å². The Labute approximate surface area is 86.0 Å². The molecule has 1 aromatic carbocycles. The summed E-state index contributed by atoms with van der Waals surface area (Å²) in [6, 6.07) is 10.2. The van der Waals surface area contributed by atoms with E-state index in [1.165, 1.54) is 16.8 Å². The highest BCUT2D eigenvalue weighted by Crippen LogP contribution is 1.99. The van der Waals surface area contributed by atoms with Crippen LogP contribution in [0, 0.1) is 0 Å². The lowest BCUT2D eigenvalue weighted by atomic mass is 10.3. The Morgan fingerprint density at radius 2 is 1.67 bits per heavy atom. The van der Waals surface area contributed by atoms with Gasteiger partial charge in [0.15, 0.2) is 0 Å². The first kappa shape index (κ1) is 9.45. The maximum Gasteiger partial charge on any atom is 0.335 e. The van der Waals surface area contributed by atoms with Gasteiger partial charge in [0.1, 0.15) is 0 Å². The number of benzene rings is 1. The lowest BCUT2D eigenvalue weighted by Gasteiger charge is -2.05. The molecule has 76 valence electrons. The summed E-state index contributed by atoms with van der Waals surface area (Å²) in [4.78, 5) is 23.3. The number of para-hydroxylation sites is 1. The molecule has 0 bridgehead atoms. The minimum atomic E-state index is -0.339. The van der Waals surface area contributed by atoms with Gasteiger partial charge in [0, 0.05) is 19.3 Å². The van der Waals surface area contributed by atoms with Gasteiger partial charge < -0.3 is 4.57 Å². The maximum atomic E-state index is 11.7. The summed E-state index contributed by atoms with van der Waals surface area (Å²) in [7, 11) is 1.61. The first-order valence-electron chi connectivity index (χ1n) is 4.54. The Bertz CT molecular complexity index is 582. The predicted octanol–water partition coefficient (Wildman–Crippen LogP) is 0.536. The number of aromatic nitrogens is 2. The van der Waals surface area contributed by atoms with Crippen LogP contribution in [0.15, 0.2) is 52.2 Å². The van der Waals surface area contributed by atoms with Crippen LogP contribution in [0.25, 0.3) is 5.69 Å². The van der Waals surface area contributed by atoms with Crippen molar-refractivity contribution in [2.45, 2.75) is 0 Å². The summed E-state index contributed by atoms with van der Waals surface area (Å²) in [5.74, 6) is 0. The Balaban J connectivity index is 2.80. The van der Waals surface area contributed by atoms with E-state index < -0.39 is 0 Å². The first-order chi connectivity index (χ1) is 7.20. The van der Waals surface area contributed by atoms with Gasteiger partial charge in [-0.25, -0.2) is 9.36 Å². The van der Waals surface area contributed by atoms with E-state index in [1.54, 1.807) is 31.3 Å². The minimum absolute atomic E-state index is 0.315. The Kier molecular flexibility index (Phi) is 2.25. The number of hydrogen-bond donors (Lipinski definition) is 0. The highest BCUT2D eigenvalue weighted by atomic mass is 16.2. The van der Waals surface area contributed by atoms with E-state index >= 15 is 0 Å². The molecular formula is C11H10N2O2. The molecule has 0 amide bonds. The summed E-state index contributed by atoms with van der Waals surface area (Å²) in [5, 5.41) is 0. The standard InChI is InChI=1S/C11H10N2O2/c1-12-8-7-10(14)13(11(12)15)9-5-3-2-4-6-9/h2-8H,1H3. The zero-order chi connectivity index (χ0) is 10.8. The fourth-order valence-electron chi connectivity index (χ4n) is 1.38. The minimum Gasteiger partial charge on any atom is -0.303 e. The van der Waals surface area contributed by atoms with Crippen molar-refractivity contribution in [3.05, 3.63) is 63.4 Å². The van der Waals surface area contributed by atoms with Crippen LogP contribution < -0.4 is 11.2 Å². The molecule has 0 fully saturated rings. The molecule has 1 heterocycles. The van der Waals surface area contributed by atoms with Crippen molar-refractivity contribution in [2.24, 2.45) is 7.05 Å². The van der Waals surface area contributed by atoms with E-state index in [0.29, 0.717) is 5.69 Å². The van der Waals surface area contributed by atoms with Gasteiger partial charge in [-0.1, -0.05) is 18.2 Å². The highest BCUT2D eigenvalue weighted by Gasteiger charge is 2.03. The van der Waals surface area contributed by atoms with E-state index in [4.69, 9.17) is 0 Å². The van der Waals surface area contributed by atoms with Crippen LogP contribution in [0.1, 0.15) is 0 Å². The van der Waals surface area contributed by atoms with Crippen molar-refractivity contribution in [1.29, 1.82) is 0 Å². The lowest BCUT2D eigenvalue weighted by molar-refractivity contribution is 0.738. The average Bonchev–Trinajstić information content (AvgIpc) is 2.26. The van der Waals surface area contributed by atoms with E-state index in [-0.39, 0.29) is 11.2 Å². The maximum absolute atomic E-state index is 11.7. The van der Waals surface area contributed by atoms with Crippen LogP contribution in [0.3, 0.4) is 0 Å². The van der Waals surface area contributed by atoms with Crippen LogP contribution in [0.5, 0.6) is 0 Å². The van der Waals surface area contributed by atoms with Crippen molar-refractivity contribution in [1.82, 2.24) is 9.13 Å². The van der Waals surface area contributed by atoms with E-state index in [2.05, 4.69) is 0 Å². The van der Waals surface area contributed by atoms with Gasteiger partial charge >= 0.3 is 5.69 Å². The smallest absolute Gasteiger partial charge is 0.303 e. The van der Waals surface area contributed by atoms with Crippen LogP contribution in [0.4, 0.5) is 0 Å². The number of hydrogen-bond acceptors (Lipinski definition) is 2. The van der Waals surface area contributed by atoms with Crippen LogP contribution in [0.2, 0.25) is 0 Å². The summed E-state index contributed by atoms with van der Waals surface area (Å²) in [5.41, 5.74) is -0.0679. The number of rotatable bonds is 1. The third-order valence-electron chi connectivity index (χ3n) is 2.17. The SMILES string of the molecule is Cn1ccc(=O)n(-c2ccccc2)c1=O. The third kappa shape index (κ3) is 1.61. The second-order valence-corrected chi connectivity index (χ2v) is 3.22. The van der Waals surface area contributed by atoms with Crippen molar-refractivity contribution < 1.29 is 0 Å². The zero-order valence-corrected chi connectivity index (χ0v) is 8.25. The molecule has 15 heavy (non-hydrogen) atoms. The third-order valence-corrected chi connectivity index (χ3v) is 2.17. The Morgan fingerprint density at radius 1 is 1.00 bits per heavy atom. The summed E-state index contributed by atoms with van der Waals surface area (Å²) in [6.07, 6.45) is 1.46. The van der Waals surface area contributed by atoms with Crippen molar-refractivity contribution >= 4 is 0 Å². The Morgan fingerprint density at radius 3 is 2.33 bits per heavy atom. The normalized spacial score (nSPS) is 10.2.